The fourth-order valence-electron chi connectivity index (χ4n) is 4.07. The Morgan fingerprint density at radius 1 is 0.864 bits per heavy atom. The van der Waals surface area contributed by atoms with Crippen LogP contribution in [0.15, 0.2) is 108 Å². The number of amides is 3. The lowest BCUT2D eigenvalue weighted by molar-refractivity contribution is -0.116. The Kier molecular flexibility index (Phi) is 11.9. The number of anilines is 2. The van der Waals surface area contributed by atoms with Crippen LogP contribution >= 0.6 is 35.0 Å². The number of nitrogens with one attached hydrogen (secondary N) is 3. The highest BCUT2D eigenvalue weighted by molar-refractivity contribution is 8.00. The maximum atomic E-state index is 13.5. The van der Waals surface area contributed by atoms with Gasteiger partial charge in [-0.2, -0.15) is 0 Å². The summed E-state index contributed by atoms with van der Waals surface area (Å²) in [7, 11) is 0. The molecule has 0 saturated heterocycles. The third kappa shape index (κ3) is 9.38. The number of thioether (sulfide) groups is 1. The minimum absolute atomic E-state index is 0.0618. The molecule has 7 nitrogen and oxygen atoms in total. The Balaban J connectivity index is 1.50. The van der Waals surface area contributed by atoms with Crippen LogP contribution in [0.1, 0.15) is 36.2 Å². The van der Waals surface area contributed by atoms with Crippen molar-refractivity contribution in [1.82, 2.24) is 5.32 Å². The molecule has 1 atom stereocenters. The number of carbonyl (C=O) groups excluding carboxylic acids is 3. The van der Waals surface area contributed by atoms with Gasteiger partial charge in [-0.25, -0.2) is 0 Å². The molecule has 4 aromatic carbocycles. The first-order valence-corrected chi connectivity index (χ1v) is 15.5. The molecule has 4 rings (SSSR count). The molecule has 226 valence electrons. The average molecular weight is 649 g/mol. The van der Waals surface area contributed by atoms with E-state index in [-0.39, 0.29) is 11.6 Å². The van der Waals surface area contributed by atoms with Crippen molar-refractivity contribution >= 4 is 70.1 Å². The van der Waals surface area contributed by atoms with Crippen LogP contribution < -0.4 is 20.7 Å². The van der Waals surface area contributed by atoms with E-state index in [4.69, 9.17) is 27.9 Å². The number of halogens is 2. The van der Waals surface area contributed by atoms with E-state index in [2.05, 4.69) is 16.0 Å². The number of benzene rings is 4. The van der Waals surface area contributed by atoms with Crippen LogP contribution in [0.25, 0.3) is 6.08 Å². The van der Waals surface area contributed by atoms with Gasteiger partial charge in [0.2, 0.25) is 5.91 Å². The van der Waals surface area contributed by atoms with E-state index in [0.29, 0.717) is 51.3 Å². The smallest absolute Gasteiger partial charge is 0.272 e. The monoisotopic (exact) mass is 647 g/mol. The lowest BCUT2D eigenvalue weighted by Crippen LogP contribution is -2.30. The van der Waals surface area contributed by atoms with E-state index < -0.39 is 17.1 Å². The lowest BCUT2D eigenvalue weighted by atomic mass is 10.1. The summed E-state index contributed by atoms with van der Waals surface area (Å²) in [6.07, 6.45) is 2.16. The fourth-order valence-corrected chi connectivity index (χ4v) is 5.54. The second kappa shape index (κ2) is 16.0. The Morgan fingerprint density at radius 2 is 1.61 bits per heavy atom. The van der Waals surface area contributed by atoms with Gasteiger partial charge in [0, 0.05) is 21.2 Å². The zero-order valence-electron chi connectivity index (χ0n) is 24.1. The van der Waals surface area contributed by atoms with Gasteiger partial charge in [-0.15, -0.1) is 11.8 Å². The van der Waals surface area contributed by atoms with Crippen molar-refractivity contribution in [1.29, 1.82) is 0 Å². The molecule has 0 aliphatic carbocycles. The van der Waals surface area contributed by atoms with Crippen LogP contribution in [0.2, 0.25) is 10.0 Å². The van der Waals surface area contributed by atoms with Gasteiger partial charge in [-0.3, -0.25) is 14.4 Å². The van der Waals surface area contributed by atoms with Gasteiger partial charge in [0.05, 0.1) is 22.6 Å². The summed E-state index contributed by atoms with van der Waals surface area (Å²) in [6, 6.07) is 27.9. The largest absolute Gasteiger partial charge is 0.494 e. The highest BCUT2D eigenvalue weighted by Gasteiger charge is 2.20. The number of hydrogen-bond acceptors (Lipinski definition) is 5. The normalized spacial score (nSPS) is 11.8. The van der Waals surface area contributed by atoms with E-state index in [1.54, 1.807) is 91.0 Å². The molecule has 4 aromatic rings. The molecule has 1 unspecified atom stereocenters. The third-order valence-corrected chi connectivity index (χ3v) is 8.16. The predicted octanol–water partition coefficient (Wildman–Crippen LogP) is 8.31. The van der Waals surface area contributed by atoms with Crippen LogP contribution in [0, 0.1) is 0 Å². The van der Waals surface area contributed by atoms with Crippen LogP contribution in [-0.4, -0.2) is 29.6 Å². The summed E-state index contributed by atoms with van der Waals surface area (Å²) >= 11 is 13.6. The van der Waals surface area contributed by atoms with Gasteiger partial charge in [0.15, 0.2) is 0 Å². The molecule has 0 heterocycles. The Hall–Kier alpha value is -4.24. The van der Waals surface area contributed by atoms with E-state index >= 15 is 0 Å². The molecule has 0 fully saturated rings. The second-order valence-corrected chi connectivity index (χ2v) is 11.6. The van der Waals surface area contributed by atoms with Crippen LogP contribution in [-0.2, 0) is 9.59 Å². The SMILES string of the molecule is CCOc1ccc(/C=C(/NC(=O)c2ccccc2)C(=O)Nc2cccc(SC(CC)C(=O)Nc3ccc(Cl)cc3Cl)c2)cc1. The van der Waals surface area contributed by atoms with Crippen molar-refractivity contribution in [3.05, 3.63) is 124 Å². The Labute approximate surface area is 271 Å². The summed E-state index contributed by atoms with van der Waals surface area (Å²) in [4.78, 5) is 40.3. The molecule has 0 spiro atoms. The highest BCUT2D eigenvalue weighted by Crippen LogP contribution is 2.31. The van der Waals surface area contributed by atoms with Crippen molar-refractivity contribution in [2.75, 3.05) is 17.2 Å². The summed E-state index contributed by atoms with van der Waals surface area (Å²) in [5, 5.41) is 8.88. The van der Waals surface area contributed by atoms with E-state index in [1.165, 1.54) is 11.8 Å². The third-order valence-electron chi connectivity index (χ3n) is 6.25. The van der Waals surface area contributed by atoms with Gasteiger partial charge >= 0.3 is 0 Å². The minimum Gasteiger partial charge on any atom is -0.494 e. The van der Waals surface area contributed by atoms with E-state index in [0.717, 1.165) is 4.90 Å². The molecule has 10 heteroatoms. The van der Waals surface area contributed by atoms with Gasteiger partial charge in [-0.1, -0.05) is 66.5 Å². The number of hydrogen-bond donors (Lipinski definition) is 3. The number of rotatable bonds is 12. The zero-order valence-corrected chi connectivity index (χ0v) is 26.4. The minimum atomic E-state index is -0.507. The zero-order chi connectivity index (χ0) is 31.5. The Bertz CT molecular complexity index is 1650. The molecular formula is C34H31Cl2N3O4S. The van der Waals surface area contributed by atoms with Gasteiger partial charge < -0.3 is 20.7 Å². The van der Waals surface area contributed by atoms with Gasteiger partial charge in [-0.05, 0) is 85.6 Å². The predicted molar refractivity (Wildman–Crippen MR) is 180 cm³/mol. The summed E-state index contributed by atoms with van der Waals surface area (Å²) in [5.74, 6) is -0.429. The van der Waals surface area contributed by atoms with Crippen molar-refractivity contribution in [3.8, 4) is 5.75 Å². The summed E-state index contributed by atoms with van der Waals surface area (Å²) in [5.41, 5.74) is 2.16. The fraction of sp³-hybridized carbons (Fsp3) is 0.147. The Morgan fingerprint density at radius 3 is 2.30 bits per heavy atom. The molecule has 0 aliphatic rings. The highest BCUT2D eigenvalue weighted by atomic mass is 35.5. The second-order valence-electron chi connectivity index (χ2n) is 9.49. The first-order valence-electron chi connectivity index (χ1n) is 13.9. The van der Waals surface area contributed by atoms with Crippen LogP contribution in [0.3, 0.4) is 0 Å². The summed E-state index contributed by atoms with van der Waals surface area (Å²) in [6.45, 7) is 4.35. The quantitative estimate of drug-likeness (QED) is 0.106. The van der Waals surface area contributed by atoms with E-state index in [9.17, 15) is 14.4 Å². The van der Waals surface area contributed by atoms with Crippen LogP contribution in [0.4, 0.5) is 11.4 Å². The number of ether oxygens (including phenoxy) is 1. The van der Waals surface area contributed by atoms with Gasteiger partial charge in [0.25, 0.3) is 11.8 Å². The summed E-state index contributed by atoms with van der Waals surface area (Å²) < 4.78 is 5.51. The molecule has 3 amide bonds. The van der Waals surface area contributed by atoms with Crippen molar-refractivity contribution in [2.24, 2.45) is 0 Å². The number of carbonyl (C=O) groups is 3. The van der Waals surface area contributed by atoms with Crippen LogP contribution in [0.5, 0.6) is 5.75 Å². The standard InChI is InChI=1S/C34H31Cl2N3O4S/c1-3-31(34(42)38-29-18-15-24(35)20-28(29)36)44-27-12-8-11-25(21-27)37-33(41)30(39-32(40)23-9-6-5-7-10-23)19-22-13-16-26(17-14-22)43-4-2/h5-21,31H,3-4H2,1-2H3,(H,37,41)(H,38,42)(H,39,40)/b30-19+. The molecule has 0 aliphatic heterocycles. The maximum Gasteiger partial charge on any atom is 0.272 e. The lowest BCUT2D eigenvalue weighted by Gasteiger charge is -2.16. The molecule has 0 saturated carbocycles. The van der Waals surface area contributed by atoms with E-state index in [1.807, 2.05) is 26.0 Å². The van der Waals surface area contributed by atoms with Gasteiger partial charge in [0.1, 0.15) is 11.4 Å². The topological polar surface area (TPSA) is 96.5 Å². The van der Waals surface area contributed by atoms with Crippen molar-refractivity contribution in [3.63, 3.8) is 0 Å². The molecule has 44 heavy (non-hydrogen) atoms. The first-order chi connectivity index (χ1) is 21.2. The maximum absolute atomic E-state index is 13.5. The molecular weight excluding hydrogens is 617 g/mol. The first kappa shape index (κ1) is 32.7. The van der Waals surface area contributed by atoms with Crippen molar-refractivity contribution in [2.45, 2.75) is 30.4 Å². The average Bonchev–Trinajstić information content (AvgIpc) is 3.02. The van der Waals surface area contributed by atoms with Crippen molar-refractivity contribution < 1.29 is 19.1 Å². The molecule has 0 aromatic heterocycles. The molecule has 0 bridgehead atoms. The molecule has 3 N–H and O–H groups in total. The molecule has 0 radical (unpaired) electrons.